The molecule has 0 spiro atoms. The highest BCUT2D eigenvalue weighted by Crippen LogP contribution is 2.11. The number of nitrogens with one attached hydrogen (secondary N) is 2. The molecule has 0 saturated heterocycles. The highest BCUT2D eigenvalue weighted by molar-refractivity contribution is 6.02. The summed E-state index contributed by atoms with van der Waals surface area (Å²) in [5.74, 6) is 0.256. The highest BCUT2D eigenvalue weighted by Gasteiger charge is 2.08. The summed E-state index contributed by atoms with van der Waals surface area (Å²) in [5, 5.41) is 22.2. The van der Waals surface area contributed by atoms with E-state index in [1.807, 2.05) is 13.0 Å². The van der Waals surface area contributed by atoms with Crippen LogP contribution in [0.3, 0.4) is 0 Å². The van der Waals surface area contributed by atoms with Crippen LogP contribution in [0.2, 0.25) is 0 Å². The molecule has 0 aliphatic carbocycles. The number of anilines is 2. The smallest absolute Gasteiger partial charge is 0.276 e. The number of amides is 1. The lowest BCUT2D eigenvalue weighted by Gasteiger charge is -2.05. The van der Waals surface area contributed by atoms with Crippen LogP contribution < -0.4 is 10.6 Å². The molecule has 0 unspecified atom stereocenters. The normalized spacial score (nSPS) is 9.60. The van der Waals surface area contributed by atoms with E-state index in [9.17, 15) is 4.79 Å². The molecule has 100 valence electrons. The average molecular weight is 267 g/mol. The molecular formula is C14H13N5O. The Morgan fingerprint density at radius 3 is 2.80 bits per heavy atom. The second-order valence-corrected chi connectivity index (χ2v) is 3.98. The van der Waals surface area contributed by atoms with Crippen LogP contribution in [0.4, 0.5) is 11.5 Å². The molecule has 0 saturated carbocycles. The van der Waals surface area contributed by atoms with Gasteiger partial charge in [-0.2, -0.15) is 5.26 Å². The maximum atomic E-state index is 12.0. The van der Waals surface area contributed by atoms with E-state index in [0.717, 1.165) is 6.54 Å². The Bertz CT molecular complexity index is 645. The van der Waals surface area contributed by atoms with Gasteiger partial charge < -0.3 is 10.6 Å². The first-order valence-electron chi connectivity index (χ1n) is 6.12. The van der Waals surface area contributed by atoms with Crippen LogP contribution >= 0.6 is 0 Å². The zero-order valence-corrected chi connectivity index (χ0v) is 10.9. The zero-order valence-electron chi connectivity index (χ0n) is 10.9. The summed E-state index contributed by atoms with van der Waals surface area (Å²) in [5.41, 5.74) is 1.25. The number of aromatic nitrogens is 2. The summed E-state index contributed by atoms with van der Waals surface area (Å²) in [7, 11) is 0. The van der Waals surface area contributed by atoms with Gasteiger partial charge in [-0.15, -0.1) is 10.2 Å². The number of hydrogen-bond acceptors (Lipinski definition) is 5. The summed E-state index contributed by atoms with van der Waals surface area (Å²) >= 11 is 0. The third-order valence-corrected chi connectivity index (χ3v) is 2.50. The SMILES string of the molecule is CCNc1ccc(C(=O)Nc2cccc(C#N)c2)nn1. The van der Waals surface area contributed by atoms with E-state index in [0.29, 0.717) is 17.1 Å². The lowest BCUT2D eigenvalue weighted by atomic mass is 10.2. The quantitative estimate of drug-likeness (QED) is 0.884. The first-order chi connectivity index (χ1) is 9.72. The van der Waals surface area contributed by atoms with Crippen molar-refractivity contribution in [1.29, 1.82) is 5.26 Å². The molecule has 6 nitrogen and oxygen atoms in total. The van der Waals surface area contributed by atoms with Crippen molar-refractivity contribution in [3.05, 3.63) is 47.7 Å². The summed E-state index contributed by atoms with van der Waals surface area (Å²) in [6.07, 6.45) is 0. The number of hydrogen-bond donors (Lipinski definition) is 2. The molecule has 0 aliphatic heterocycles. The highest BCUT2D eigenvalue weighted by atomic mass is 16.1. The Labute approximate surface area is 116 Å². The zero-order chi connectivity index (χ0) is 14.4. The van der Waals surface area contributed by atoms with E-state index in [1.165, 1.54) is 0 Å². The minimum Gasteiger partial charge on any atom is -0.369 e. The van der Waals surface area contributed by atoms with Gasteiger partial charge in [-0.05, 0) is 37.3 Å². The molecule has 0 bridgehead atoms. The molecule has 1 aromatic heterocycles. The maximum Gasteiger partial charge on any atom is 0.276 e. The van der Waals surface area contributed by atoms with Crippen molar-refractivity contribution in [3.8, 4) is 6.07 Å². The average Bonchev–Trinajstić information content (AvgIpc) is 2.48. The van der Waals surface area contributed by atoms with Gasteiger partial charge in [0.2, 0.25) is 0 Å². The number of carbonyl (C=O) groups is 1. The summed E-state index contributed by atoms with van der Waals surface area (Å²) < 4.78 is 0. The largest absolute Gasteiger partial charge is 0.369 e. The van der Waals surface area contributed by atoms with Crippen molar-refractivity contribution >= 4 is 17.4 Å². The Morgan fingerprint density at radius 2 is 2.15 bits per heavy atom. The Kier molecular flexibility index (Phi) is 4.24. The molecular weight excluding hydrogens is 254 g/mol. The Hall–Kier alpha value is -2.94. The van der Waals surface area contributed by atoms with E-state index in [4.69, 9.17) is 5.26 Å². The minimum atomic E-state index is -0.365. The van der Waals surface area contributed by atoms with E-state index in [2.05, 4.69) is 20.8 Å². The van der Waals surface area contributed by atoms with Crippen LogP contribution in [0.5, 0.6) is 0 Å². The van der Waals surface area contributed by atoms with Crippen LogP contribution in [0.15, 0.2) is 36.4 Å². The van der Waals surface area contributed by atoms with Crippen molar-refractivity contribution < 1.29 is 4.79 Å². The fourth-order valence-electron chi connectivity index (χ4n) is 1.59. The van der Waals surface area contributed by atoms with Crippen molar-refractivity contribution in [2.24, 2.45) is 0 Å². The van der Waals surface area contributed by atoms with Crippen molar-refractivity contribution in [2.45, 2.75) is 6.92 Å². The molecule has 1 aromatic carbocycles. The van der Waals surface area contributed by atoms with Crippen LogP contribution in [-0.4, -0.2) is 22.6 Å². The van der Waals surface area contributed by atoms with Gasteiger partial charge in [0.25, 0.3) is 5.91 Å². The molecule has 6 heteroatoms. The third kappa shape index (κ3) is 3.29. The molecule has 1 amide bonds. The van der Waals surface area contributed by atoms with Gasteiger partial charge in [-0.1, -0.05) is 6.07 Å². The lowest BCUT2D eigenvalue weighted by molar-refractivity contribution is 0.102. The van der Waals surface area contributed by atoms with E-state index in [-0.39, 0.29) is 11.6 Å². The number of nitrogens with zero attached hydrogens (tertiary/aromatic N) is 3. The first-order valence-corrected chi connectivity index (χ1v) is 6.12. The minimum absolute atomic E-state index is 0.217. The number of benzene rings is 1. The monoisotopic (exact) mass is 267 g/mol. The number of rotatable bonds is 4. The van der Waals surface area contributed by atoms with E-state index >= 15 is 0 Å². The van der Waals surface area contributed by atoms with Crippen LogP contribution in [0, 0.1) is 11.3 Å². The summed E-state index contributed by atoms with van der Waals surface area (Å²) in [6.45, 7) is 2.69. The first kappa shape index (κ1) is 13.5. The van der Waals surface area contributed by atoms with Gasteiger partial charge in [0.15, 0.2) is 5.69 Å². The molecule has 0 radical (unpaired) electrons. The van der Waals surface area contributed by atoms with Crippen molar-refractivity contribution in [1.82, 2.24) is 10.2 Å². The molecule has 0 aliphatic rings. The fraction of sp³-hybridized carbons (Fsp3) is 0.143. The van der Waals surface area contributed by atoms with Gasteiger partial charge in [-0.3, -0.25) is 4.79 Å². The van der Waals surface area contributed by atoms with Crippen molar-refractivity contribution in [3.63, 3.8) is 0 Å². The Balaban J connectivity index is 2.09. The lowest BCUT2D eigenvalue weighted by Crippen LogP contribution is -2.15. The van der Waals surface area contributed by atoms with E-state index < -0.39 is 0 Å². The molecule has 0 atom stereocenters. The van der Waals surface area contributed by atoms with Crippen molar-refractivity contribution in [2.75, 3.05) is 17.2 Å². The Morgan fingerprint density at radius 1 is 1.30 bits per heavy atom. The number of nitriles is 1. The number of carbonyl (C=O) groups excluding carboxylic acids is 1. The molecule has 1 heterocycles. The summed E-state index contributed by atoms with van der Waals surface area (Å²) in [6, 6.07) is 12.0. The van der Waals surface area contributed by atoms with Crippen LogP contribution in [0.1, 0.15) is 23.0 Å². The molecule has 2 aromatic rings. The van der Waals surface area contributed by atoms with Gasteiger partial charge >= 0.3 is 0 Å². The molecule has 2 rings (SSSR count). The standard InChI is InChI=1S/C14H13N5O/c1-2-16-13-7-6-12(18-19-13)14(20)17-11-5-3-4-10(8-11)9-15/h3-8H,2H2,1H3,(H,16,19)(H,17,20). The van der Waals surface area contributed by atoms with Crippen LogP contribution in [-0.2, 0) is 0 Å². The molecule has 0 fully saturated rings. The molecule has 20 heavy (non-hydrogen) atoms. The van der Waals surface area contributed by atoms with Crippen LogP contribution in [0.25, 0.3) is 0 Å². The van der Waals surface area contributed by atoms with E-state index in [1.54, 1.807) is 36.4 Å². The fourth-order valence-corrected chi connectivity index (χ4v) is 1.59. The summed E-state index contributed by atoms with van der Waals surface area (Å²) in [4.78, 5) is 12.0. The van der Waals surface area contributed by atoms with Gasteiger partial charge in [-0.25, -0.2) is 0 Å². The third-order valence-electron chi connectivity index (χ3n) is 2.50. The topological polar surface area (TPSA) is 90.7 Å². The predicted molar refractivity (Wildman–Crippen MR) is 75.3 cm³/mol. The van der Waals surface area contributed by atoms with Gasteiger partial charge in [0.05, 0.1) is 11.6 Å². The second kappa shape index (κ2) is 6.29. The van der Waals surface area contributed by atoms with Gasteiger partial charge in [0.1, 0.15) is 5.82 Å². The molecule has 2 N–H and O–H groups in total. The predicted octanol–water partition coefficient (Wildman–Crippen LogP) is 2.03. The second-order valence-electron chi connectivity index (χ2n) is 3.98. The van der Waals surface area contributed by atoms with Gasteiger partial charge in [0, 0.05) is 12.2 Å². The maximum absolute atomic E-state index is 12.0.